The van der Waals surface area contributed by atoms with E-state index in [-0.39, 0.29) is 52.5 Å². The van der Waals surface area contributed by atoms with Crippen LogP contribution >= 0.6 is 23.2 Å². The predicted molar refractivity (Wildman–Crippen MR) is 151 cm³/mol. The molecule has 0 amide bonds. The average Bonchev–Trinajstić information content (AvgIpc) is 3.35. The normalized spacial score (nSPS) is 16.8. The van der Waals surface area contributed by atoms with E-state index in [9.17, 15) is 13.2 Å². The molecular weight excluding hydrogens is 581 g/mol. The second-order valence-electron chi connectivity index (χ2n) is 9.28. The van der Waals surface area contributed by atoms with E-state index in [0.29, 0.717) is 21.3 Å². The van der Waals surface area contributed by atoms with Gasteiger partial charge in [0.05, 0.1) is 33.5 Å². The van der Waals surface area contributed by atoms with E-state index in [1.165, 1.54) is 50.6 Å². The Bertz CT molecular complexity index is 1530. The fraction of sp³-hybridized carbons (Fsp3) is 0.296. The number of hydrogen-bond acceptors (Lipinski definition) is 8. The molecule has 0 aliphatic carbocycles. The van der Waals surface area contributed by atoms with Crippen LogP contribution in [0.2, 0.25) is 10.0 Å². The third kappa shape index (κ3) is 5.81. The largest absolute Gasteiger partial charge is 0.479 e. The van der Waals surface area contributed by atoms with Crippen LogP contribution in [-0.2, 0) is 14.9 Å². The van der Waals surface area contributed by atoms with Gasteiger partial charge in [-0.3, -0.25) is 4.31 Å². The summed E-state index contributed by atoms with van der Waals surface area (Å²) in [5.41, 5.74) is 1.27. The van der Waals surface area contributed by atoms with Crippen molar-refractivity contribution in [2.45, 2.75) is 24.8 Å². The zero-order valence-electron chi connectivity index (χ0n) is 22.0. The van der Waals surface area contributed by atoms with Gasteiger partial charge in [0.1, 0.15) is 24.1 Å². The number of rotatable bonds is 10. The first-order valence-corrected chi connectivity index (χ1v) is 14.3. The van der Waals surface area contributed by atoms with Gasteiger partial charge in [0.15, 0.2) is 0 Å². The van der Waals surface area contributed by atoms with Crippen molar-refractivity contribution in [2.75, 3.05) is 25.1 Å². The number of carboxylic acids is 1. The molecule has 2 aromatic carbocycles. The Hall–Kier alpha value is -3.54. The smallest absolute Gasteiger partial charge is 0.335 e. The lowest BCUT2D eigenvalue weighted by Crippen LogP contribution is -2.33. The number of halogens is 2. The first kappa shape index (κ1) is 29.4. The Morgan fingerprint density at radius 2 is 1.75 bits per heavy atom. The third-order valence-electron chi connectivity index (χ3n) is 6.41. The Kier molecular flexibility index (Phi) is 8.77. The molecule has 212 valence electrons. The van der Waals surface area contributed by atoms with E-state index >= 15 is 0 Å². The standard InChI is InChI=1S/C27H27Cl2N3O7S/c1-15(2)25-18(24(31-39-25)23-19(28)6-5-7-20(23)29)14-38-22-13-12-21(26(30-22)37-4)32(3)40(35,36)17-10-8-16(9-11-17)27(33)34/h5-13,15,18,25H,14H2,1-4H3,(H,33,34). The SMILES string of the molecule is COc1nc(OCC2C(c3c(Cl)cccc3Cl)=NOC2C(C)C)ccc1N(C)S(=O)(=O)c1ccc(C(=O)O)cc1. The number of aromatic nitrogens is 1. The summed E-state index contributed by atoms with van der Waals surface area (Å²) in [4.78, 5) is 21.1. The molecule has 0 bridgehead atoms. The predicted octanol–water partition coefficient (Wildman–Crippen LogP) is 5.37. The van der Waals surface area contributed by atoms with Crippen LogP contribution in [0.1, 0.15) is 29.8 Å². The molecule has 4 rings (SSSR count). The molecule has 40 heavy (non-hydrogen) atoms. The third-order valence-corrected chi connectivity index (χ3v) is 8.83. The first-order chi connectivity index (χ1) is 18.9. The zero-order chi connectivity index (χ0) is 29.2. The number of nitrogens with zero attached hydrogens (tertiary/aromatic N) is 3. The van der Waals surface area contributed by atoms with E-state index in [1.807, 2.05) is 13.8 Å². The number of benzene rings is 2. The average molecular weight is 609 g/mol. The van der Waals surface area contributed by atoms with Gasteiger partial charge in [-0.05, 0) is 48.4 Å². The quantitative estimate of drug-likeness (QED) is 0.325. The van der Waals surface area contributed by atoms with Crippen molar-refractivity contribution in [3.63, 3.8) is 0 Å². The minimum absolute atomic E-state index is 0.0110. The summed E-state index contributed by atoms with van der Waals surface area (Å²) >= 11 is 12.9. The fourth-order valence-corrected chi connectivity index (χ4v) is 6.05. The van der Waals surface area contributed by atoms with Crippen LogP contribution in [0, 0.1) is 11.8 Å². The van der Waals surface area contributed by atoms with Crippen molar-refractivity contribution in [3.05, 3.63) is 75.8 Å². The summed E-state index contributed by atoms with van der Waals surface area (Å²) in [7, 11) is -1.34. The number of sulfonamides is 1. The Morgan fingerprint density at radius 1 is 1.10 bits per heavy atom. The molecular formula is C27H27Cl2N3O7S. The Morgan fingerprint density at radius 3 is 2.33 bits per heavy atom. The first-order valence-electron chi connectivity index (χ1n) is 12.1. The molecule has 13 heteroatoms. The van der Waals surface area contributed by atoms with Crippen molar-refractivity contribution in [1.29, 1.82) is 0 Å². The van der Waals surface area contributed by atoms with Crippen LogP contribution in [0.15, 0.2) is 64.6 Å². The number of ether oxygens (including phenoxy) is 2. The molecule has 0 spiro atoms. The van der Waals surface area contributed by atoms with Crippen molar-refractivity contribution in [3.8, 4) is 11.8 Å². The van der Waals surface area contributed by atoms with Gasteiger partial charge in [-0.2, -0.15) is 4.98 Å². The molecule has 0 fully saturated rings. The summed E-state index contributed by atoms with van der Waals surface area (Å²) in [6, 6.07) is 13.1. The van der Waals surface area contributed by atoms with E-state index in [1.54, 1.807) is 18.2 Å². The van der Waals surface area contributed by atoms with Gasteiger partial charge in [-0.15, -0.1) is 0 Å². The summed E-state index contributed by atoms with van der Waals surface area (Å²) in [5.74, 6) is -1.17. The van der Waals surface area contributed by atoms with Gasteiger partial charge < -0.3 is 19.4 Å². The highest BCUT2D eigenvalue weighted by atomic mass is 35.5. The Labute approximate surface area is 242 Å². The van der Waals surface area contributed by atoms with Crippen LogP contribution in [0.5, 0.6) is 11.8 Å². The topological polar surface area (TPSA) is 128 Å². The zero-order valence-corrected chi connectivity index (χ0v) is 24.4. The number of methoxy groups -OCH3 is 1. The van der Waals surface area contributed by atoms with Crippen molar-refractivity contribution in [2.24, 2.45) is 17.0 Å². The molecule has 2 heterocycles. The van der Waals surface area contributed by atoms with Crippen LogP contribution in [0.3, 0.4) is 0 Å². The number of anilines is 1. The summed E-state index contributed by atoms with van der Waals surface area (Å²) in [6.45, 7) is 4.14. The number of oxime groups is 1. The summed E-state index contributed by atoms with van der Waals surface area (Å²) < 4.78 is 38.8. The molecule has 0 saturated heterocycles. The maximum absolute atomic E-state index is 13.2. The van der Waals surface area contributed by atoms with E-state index in [0.717, 1.165) is 4.31 Å². The molecule has 3 aromatic rings. The molecule has 0 saturated carbocycles. The van der Waals surface area contributed by atoms with Gasteiger partial charge in [-0.25, -0.2) is 13.2 Å². The van der Waals surface area contributed by atoms with Crippen molar-refractivity contribution < 1.29 is 32.6 Å². The summed E-state index contributed by atoms with van der Waals surface area (Å²) in [6.07, 6.45) is -0.299. The summed E-state index contributed by atoms with van der Waals surface area (Å²) in [5, 5.41) is 14.3. The van der Waals surface area contributed by atoms with Crippen LogP contribution < -0.4 is 13.8 Å². The highest BCUT2D eigenvalue weighted by Gasteiger charge is 2.39. The molecule has 1 aliphatic rings. The number of pyridine rings is 1. The number of carbonyl (C=O) groups is 1. The van der Waals surface area contributed by atoms with Crippen LogP contribution in [-0.4, -0.2) is 57.1 Å². The molecule has 1 aliphatic heterocycles. The number of hydrogen-bond donors (Lipinski definition) is 1. The lowest BCUT2D eigenvalue weighted by Gasteiger charge is -2.23. The minimum atomic E-state index is -4.05. The molecule has 1 aromatic heterocycles. The number of carboxylic acid groups (broad SMARTS) is 1. The monoisotopic (exact) mass is 607 g/mol. The highest BCUT2D eigenvalue weighted by molar-refractivity contribution is 7.92. The minimum Gasteiger partial charge on any atom is -0.479 e. The lowest BCUT2D eigenvalue weighted by molar-refractivity contribution is 0.0173. The maximum atomic E-state index is 13.2. The van der Waals surface area contributed by atoms with Gasteiger partial charge >= 0.3 is 5.97 Å². The number of aromatic carboxylic acids is 1. The second-order valence-corrected chi connectivity index (χ2v) is 12.1. The fourth-order valence-electron chi connectivity index (χ4n) is 4.27. The molecule has 10 nitrogen and oxygen atoms in total. The molecule has 2 atom stereocenters. The van der Waals surface area contributed by atoms with Gasteiger partial charge in [0.2, 0.25) is 11.8 Å². The van der Waals surface area contributed by atoms with E-state index in [2.05, 4.69) is 10.1 Å². The van der Waals surface area contributed by atoms with Gasteiger partial charge in [-0.1, -0.05) is 48.3 Å². The van der Waals surface area contributed by atoms with Gasteiger partial charge in [0, 0.05) is 18.7 Å². The molecule has 0 radical (unpaired) electrons. The molecule has 2 unspecified atom stereocenters. The van der Waals surface area contributed by atoms with Crippen molar-refractivity contribution >= 4 is 50.6 Å². The maximum Gasteiger partial charge on any atom is 0.335 e. The van der Waals surface area contributed by atoms with E-state index in [4.69, 9.17) is 42.6 Å². The molecule has 1 N–H and O–H groups in total. The second kappa shape index (κ2) is 11.9. The lowest BCUT2D eigenvalue weighted by atomic mass is 9.87. The Balaban J connectivity index is 1.57. The van der Waals surface area contributed by atoms with E-state index < -0.39 is 16.0 Å². The highest BCUT2D eigenvalue weighted by Crippen LogP contribution is 2.36. The van der Waals surface area contributed by atoms with Crippen molar-refractivity contribution in [1.82, 2.24) is 4.98 Å². The van der Waals surface area contributed by atoms with Crippen LogP contribution in [0.4, 0.5) is 5.69 Å². The van der Waals surface area contributed by atoms with Crippen LogP contribution in [0.25, 0.3) is 0 Å². The van der Waals surface area contributed by atoms with Gasteiger partial charge in [0.25, 0.3) is 10.0 Å².